The molecule has 1 unspecified atom stereocenters. The molecule has 0 aromatic heterocycles. The summed E-state index contributed by atoms with van der Waals surface area (Å²) >= 11 is 0. The van der Waals surface area contributed by atoms with Crippen molar-refractivity contribution in [1.82, 2.24) is 0 Å². The van der Waals surface area contributed by atoms with Gasteiger partial charge in [-0.25, -0.2) is 0 Å². The Bertz CT molecular complexity index is 363. The highest BCUT2D eigenvalue weighted by Crippen LogP contribution is 2.46. The Labute approximate surface area is 85.1 Å². The van der Waals surface area contributed by atoms with Crippen LogP contribution in [0.3, 0.4) is 0 Å². The molecule has 1 spiro atoms. The lowest BCUT2D eigenvalue weighted by Gasteiger charge is -2.46. The van der Waals surface area contributed by atoms with Crippen LogP contribution in [-0.4, -0.2) is 6.61 Å². The van der Waals surface area contributed by atoms with Gasteiger partial charge in [0.25, 0.3) is 0 Å². The maximum absolute atomic E-state index is 5.83. The van der Waals surface area contributed by atoms with Crippen molar-refractivity contribution < 1.29 is 4.74 Å². The fraction of sp³-hybridized carbons (Fsp3) is 0.538. The van der Waals surface area contributed by atoms with E-state index in [4.69, 9.17) is 4.74 Å². The molecule has 1 heterocycles. The number of rotatable bonds is 0. The monoisotopic (exact) mass is 188 g/mol. The van der Waals surface area contributed by atoms with Crippen LogP contribution in [0.25, 0.3) is 0 Å². The summed E-state index contributed by atoms with van der Waals surface area (Å²) in [6.07, 6.45) is 4.98. The number of aryl methyl sites for hydroxylation is 2. The molecular weight excluding hydrogens is 172 g/mol. The zero-order valence-electron chi connectivity index (χ0n) is 8.68. The lowest BCUT2D eigenvalue weighted by atomic mass is 9.74. The molecule has 0 N–H and O–H groups in total. The van der Waals surface area contributed by atoms with E-state index in [1.807, 2.05) is 0 Å². The average Bonchev–Trinajstić information content (AvgIpc) is 2.13. The van der Waals surface area contributed by atoms with Crippen molar-refractivity contribution in [3.63, 3.8) is 0 Å². The molecular formula is C13H16O. The van der Waals surface area contributed by atoms with Gasteiger partial charge >= 0.3 is 0 Å². The van der Waals surface area contributed by atoms with Crippen molar-refractivity contribution in [1.29, 1.82) is 0 Å². The number of benzene rings is 1. The van der Waals surface area contributed by atoms with Gasteiger partial charge in [-0.15, -0.1) is 0 Å². The molecule has 1 nitrogen and oxygen atoms in total. The first-order valence-corrected chi connectivity index (χ1v) is 5.54. The van der Waals surface area contributed by atoms with Crippen molar-refractivity contribution >= 4 is 0 Å². The molecule has 1 fully saturated rings. The average molecular weight is 188 g/mol. The van der Waals surface area contributed by atoms with E-state index < -0.39 is 0 Å². The summed E-state index contributed by atoms with van der Waals surface area (Å²) in [5.74, 6) is 0. The van der Waals surface area contributed by atoms with E-state index in [1.54, 1.807) is 0 Å². The van der Waals surface area contributed by atoms with E-state index >= 15 is 0 Å². The Kier molecular flexibility index (Phi) is 1.72. The summed E-state index contributed by atoms with van der Waals surface area (Å²) in [4.78, 5) is 0. The topological polar surface area (TPSA) is 9.23 Å². The van der Waals surface area contributed by atoms with Crippen molar-refractivity contribution in [3.05, 3.63) is 34.9 Å². The summed E-state index contributed by atoms with van der Waals surface area (Å²) in [6.45, 7) is 3.12. The van der Waals surface area contributed by atoms with Crippen molar-refractivity contribution in [3.8, 4) is 0 Å². The van der Waals surface area contributed by atoms with E-state index in [-0.39, 0.29) is 5.60 Å². The second-order valence-electron chi connectivity index (χ2n) is 4.61. The minimum absolute atomic E-state index is 0.126. The van der Waals surface area contributed by atoms with E-state index in [9.17, 15) is 0 Å². The molecule has 2 aliphatic rings. The van der Waals surface area contributed by atoms with Gasteiger partial charge in [0.1, 0.15) is 0 Å². The lowest BCUT2D eigenvalue weighted by Crippen LogP contribution is -2.43. The summed E-state index contributed by atoms with van der Waals surface area (Å²) in [5.41, 5.74) is 4.50. The second-order valence-corrected chi connectivity index (χ2v) is 4.61. The second kappa shape index (κ2) is 2.83. The number of fused-ring (bicyclic) bond motifs is 2. The van der Waals surface area contributed by atoms with Crippen molar-refractivity contribution in [2.75, 3.05) is 6.61 Å². The first-order valence-electron chi connectivity index (χ1n) is 5.54. The maximum atomic E-state index is 5.83. The highest BCUT2D eigenvalue weighted by Gasteiger charge is 2.42. The Morgan fingerprint density at radius 2 is 2.14 bits per heavy atom. The zero-order chi connectivity index (χ0) is 9.60. The van der Waals surface area contributed by atoms with Gasteiger partial charge in [-0.2, -0.15) is 0 Å². The minimum Gasteiger partial charge on any atom is -0.370 e. The maximum Gasteiger partial charge on any atom is 0.0956 e. The van der Waals surface area contributed by atoms with Crippen LogP contribution < -0.4 is 0 Å². The van der Waals surface area contributed by atoms with Gasteiger partial charge in [-0.3, -0.25) is 0 Å². The third-order valence-corrected chi connectivity index (χ3v) is 3.66. The predicted molar refractivity (Wildman–Crippen MR) is 56.4 cm³/mol. The molecule has 1 aliphatic carbocycles. The number of ether oxygens (including phenoxy) is 1. The van der Waals surface area contributed by atoms with Crippen LogP contribution in [0, 0.1) is 6.92 Å². The highest BCUT2D eigenvalue weighted by molar-refractivity contribution is 5.38. The first-order chi connectivity index (χ1) is 6.80. The van der Waals surface area contributed by atoms with Crippen LogP contribution in [0.2, 0.25) is 0 Å². The fourth-order valence-electron chi connectivity index (χ4n) is 2.83. The zero-order valence-corrected chi connectivity index (χ0v) is 8.68. The number of hydrogen-bond donors (Lipinski definition) is 0. The first kappa shape index (κ1) is 8.49. The molecule has 0 saturated carbocycles. The van der Waals surface area contributed by atoms with Gasteiger partial charge in [0.2, 0.25) is 0 Å². The van der Waals surface area contributed by atoms with E-state index in [0.29, 0.717) is 0 Å². The van der Waals surface area contributed by atoms with Crippen molar-refractivity contribution in [2.45, 2.75) is 38.2 Å². The van der Waals surface area contributed by atoms with Gasteiger partial charge in [0, 0.05) is 6.42 Å². The molecule has 74 valence electrons. The minimum atomic E-state index is 0.126. The molecule has 1 saturated heterocycles. The van der Waals surface area contributed by atoms with Gasteiger partial charge in [-0.05, 0) is 37.3 Å². The van der Waals surface area contributed by atoms with Crippen LogP contribution in [0.5, 0.6) is 0 Å². The highest BCUT2D eigenvalue weighted by atomic mass is 16.5. The summed E-state index contributed by atoms with van der Waals surface area (Å²) < 4.78 is 5.83. The standard InChI is InChI=1S/C13H16O/c1-10-4-5-12-11(9-10)3-2-6-13(12)7-8-14-13/h4-5,9H,2-3,6-8H2,1H3. The van der Waals surface area contributed by atoms with Crippen LogP contribution >= 0.6 is 0 Å². The van der Waals surface area contributed by atoms with E-state index in [1.165, 1.54) is 42.4 Å². The van der Waals surface area contributed by atoms with Gasteiger partial charge in [0.05, 0.1) is 12.2 Å². The molecule has 1 aromatic rings. The predicted octanol–water partition coefficient (Wildman–Crippen LogP) is 2.95. The Hall–Kier alpha value is -0.820. The number of hydrogen-bond acceptors (Lipinski definition) is 1. The lowest BCUT2D eigenvalue weighted by molar-refractivity contribution is -0.163. The summed E-state index contributed by atoms with van der Waals surface area (Å²) in [5, 5.41) is 0. The van der Waals surface area contributed by atoms with E-state index in [2.05, 4.69) is 25.1 Å². The van der Waals surface area contributed by atoms with E-state index in [0.717, 1.165) is 6.61 Å². The Morgan fingerprint density at radius 1 is 1.29 bits per heavy atom. The SMILES string of the molecule is Cc1ccc2c(c1)CCCC21CCO1. The molecule has 1 aliphatic heterocycles. The van der Waals surface area contributed by atoms with Crippen molar-refractivity contribution in [2.24, 2.45) is 0 Å². The van der Waals surface area contributed by atoms with Crippen LogP contribution in [0.15, 0.2) is 18.2 Å². The third kappa shape index (κ3) is 1.05. The summed E-state index contributed by atoms with van der Waals surface area (Å²) in [6, 6.07) is 6.83. The van der Waals surface area contributed by atoms with Gasteiger partial charge < -0.3 is 4.74 Å². The normalized spacial score (nSPS) is 29.8. The summed E-state index contributed by atoms with van der Waals surface area (Å²) in [7, 11) is 0. The third-order valence-electron chi connectivity index (χ3n) is 3.66. The molecule has 0 amide bonds. The quantitative estimate of drug-likeness (QED) is 0.608. The largest absolute Gasteiger partial charge is 0.370 e. The molecule has 0 radical (unpaired) electrons. The van der Waals surface area contributed by atoms with Crippen LogP contribution in [0.1, 0.15) is 36.0 Å². The Balaban J connectivity index is 2.10. The van der Waals surface area contributed by atoms with Crippen LogP contribution in [-0.2, 0) is 16.8 Å². The molecule has 1 aromatic carbocycles. The smallest absolute Gasteiger partial charge is 0.0956 e. The van der Waals surface area contributed by atoms with Gasteiger partial charge in [0.15, 0.2) is 0 Å². The fourth-order valence-corrected chi connectivity index (χ4v) is 2.83. The van der Waals surface area contributed by atoms with Crippen LogP contribution in [0.4, 0.5) is 0 Å². The Morgan fingerprint density at radius 3 is 2.86 bits per heavy atom. The molecule has 1 atom stereocenters. The van der Waals surface area contributed by atoms with Gasteiger partial charge in [-0.1, -0.05) is 23.8 Å². The molecule has 3 rings (SSSR count). The molecule has 0 bridgehead atoms. The molecule has 1 heteroatoms. The molecule has 14 heavy (non-hydrogen) atoms.